The number of aromatic amines is 1. The summed E-state index contributed by atoms with van der Waals surface area (Å²) in [5.41, 5.74) is 2.18. The topological polar surface area (TPSA) is 97.3 Å². The van der Waals surface area contributed by atoms with Gasteiger partial charge in [-0.3, -0.25) is 9.59 Å². The molecule has 1 fully saturated rings. The second-order valence-corrected chi connectivity index (χ2v) is 8.12. The van der Waals surface area contributed by atoms with Crippen LogP contribution in [0.2, 0.25) is 0 Å². The molecule has 3 aromatic rings. The highest BCUT2D eigenvalue weighted by atomic mass is 16.5. The van der Waals surface area contributed by atoms with Crippen molar-refractivity contribution in [2.24, 2.45) is 5.92 Å². The van der Waals surface area contributed by atoms with E-state index in [1.54, 1.807) is 28.8 Å². The number of carbonyl (C=O) groups excluding carboxylic acids is 2. The van der Waals surface area contributed by atoms with Gasteiger partial charge in [-0.1, -0.05) is 18.2 Å². The number of nitrogens with one attached hydrogen (secondary N) is 1. The van der Waals surface area contributed by atoms with Gasteiger partial charge in [0.2, 0.25) is 0 Å². The van der Waals surface area contributed by atoms with Crippen LogP contribution in [0.1, 0.15) is 41.5 Å². The number of benzene rings is 2. The third-order valence-electron chi connectivity index (χ3n) is 5.83. The van der Waals surface area contributed by atoms with Crippen LogP contribution in [0.15, 0.2) is 53.3 Å². The van der Waals surface area contributed by atoms with Crippen LogP contribution in [0, 0.1) is 12.8 Å². The van der Waals surface area contributed by atoms with Gasteiger partial charge in [-0.25, -0.2) is 14.5 Å². The molecule has 0 radical (unpaired) electrons. The van der Waals surface area contributed by atoms with Gasteiger partial charge in [-0.15, -0.1) is 0 Å². The smallest absolute Gasteiger partial charge is 0.347 e. The maximum atomic E-state index is 12.8. The van der Waals surface area contributed by atoms with Gasteiger partial charge < -0.3 is 9.64 Å². The molecule has 2 heterocycles. The van der Waals surface area contributed by atoms with Crippen LogP contribution in [0.25, 0.3) is 5.69 Å². The largest absolute Gasteiger partial charge is 0.427 e. The lowest BCUT2D eigenvalue weighted by Crippen LogP contribution is -2.39. The minimum Gasteiger partial charge on any atom is -0.427 e. The van der Waals surface area contributed by atoms with Crippen molar-refractivity contribution in [1.29, 1.82) is 0 Å². The molecule has 0 unspecified atom stereocenters. The van der Waals surface area contributed by atoms with E-state index in [2.05, 4.69) is 10.2 Å². The first-order chi connectivity index (χ1) is 15.4. The Hall–Kier alpha value is -3.68. The van der Waals surface area contributed by atoms with E-state index < -0.39 is 5.97 Å². The van der Waals surface area contributed by atoms with Crippen LogP contribution >= 0.6 is 0 Å². The Labute approximate surface area is 185 Å². The average Bonchev–Trinajstić information content (AvgIpc) is 3.14. The summed E-state index contributed by atoms with van der Waals surface area (Å²) in [5.74, 6) is 1.05. The molecule has 1 saturated heterocycles. The minimum atomic E-state index is -0.393. The molecule has 1 amide bonds. The molecular formula is C24H26N4O4. The highest BCUT2D eigenvalue weighted by Crippen LogP contribution is 2.24. The normalized spacial score (nSPS) is 14.4. The molecule has 0 aliphatic carbocycles. The molecular weight excluding hydrogens is 408 g/mol. The number of piperidine rings is 1. The summed E-state index contributed by atoms with van der Waals surface area (Å²) in [6.07, 6.45) is 2.35. The second-order valence-electron chi connectivity index (χ2n) is 8.12. The average molecular weight is 434 g/mol. The molecule has 4 rings (SSSR count). The monoisotopic (exact) mass is 434 g/mol. The van der Waals surface area contributed by atoms with Gasteiger partial charge in [0, 0.05) is 32.0 Å². The molecule has 166 valence electrons. The number of hydrogen-bond donors (Lipinski definition) is 1. The molecule has 0 saturated carbocycles. The summed E-state index contributed by atoms with van der Waals surface area (Å²) in [6, 6.07) is 14.4. The Bertz CT molecular complexity index is 1170. The summed E-state index contributed by atoms with van der Waals surface area (Å²) in [5, 5.41) is 6.85. The van der Waals surface area contributed by atoms with Crippen molar-refractivity contribution in [3.05, 3.63) is 76.0 Å². The number of likely N-dealkylation sites (tertiary alicyclic amines) is 1. The Morgan fingerprint density at radius 1 is 1.09 bits per heavy atom. The van der Waals surface area contributed by atoms with Gasteiger partial charge >= 0.3 is 11.7 Å². The Morgan fingerprint density at radius 3 is 2.44 bits per heavy atom. The summed E-state index contributed by atoms with van der Waals surface area (Å²) in [6.45, 7) is 4.61. The van der Waals surface area contributed by atoms with E-state index in [9.17, 15) is 14.4 Å². The zero-order valence-electron chi connectivity index (χ0n) is 18.2. The molecule has 0 bridgehead atoms. The molecule has 0 spiro atoms. The van der Waals surface area contributed by atoms with E-state index in [0.717, 1.165) is 29.9 Å². The standard InChI is InChI=1S/C24H26N4O4/c1-16-5-3-4-6-21(16)28-22(25-26-24(28)31)15-18-11-13-27(14-12-18)23(30)19-7-9-20(10-8-19)32-17(2)29/h3-10,18H,11-15H2,1-2H3,(H,26,31). The number of aromatic nitrogens is 3. The molecule has 1 N–H and O–H groups in total. The van der Waals surface area contributed by atoms with E-state index in [0.29, 0.717) is 36.7 Å². The second kappa shape index (κ2) is 9.21. The maximum absolute atomic E-state index is 12.8. The zero-order chi connectivity index (χ0) is 22.7. The molecule has 8 nitrogen and oxygen atoms in total. The molecule has 1 aromatic heterocycles. The molecule has 8 heteroatoms. The Morgan fingerprint density at radius 2 is 1.78 bits per heavy atom. The number of amides is 1. The quantitative estimate of drug-likeness (QED) is 0.492. The van der Waals surface area contributed by atoms with Crippen molar-refractivity contribution in [3.8, 4) is 11.4 Å². The first-order valence-electron chi connectivity index (χ1n) is 10.7. The van der Waals surface area contributed by atoms with Gasteiger partial charge in [-0.2, -0.15) is 5.10 Å². The summed E-state index contributed by atoms with van der Waals surface area (Å²) in [7, 11) is 0. The number of H-pyrrole nitrogens is 1. The Balaban J connectivity index is 1.39. The van der Waals surface area contributed by atoms with Crippen LogP contribution in [-0.2, 0) is 11.2 Å². The zero-order valence-corrected chi connectivity index (χ0v) is 18.2. The Kier molecular flexibility index (Phi) is 6.20. The highest BCUT2D eigenvalue weighted by molar-refractivity contribution is 5.94. The van der Waals surface area contributed by atoms with Crippen LogP contribution in [-0.4, -0.2) is 44.6 Å². The van der Waals surface area contributed by atoms with Crippen LogP contribution < -0.4 is 10.4 Å². The number of carbonyl (C=O) groups is 2. The minimum absolute atomic E-state index is 0.0330. The van der Waals surface area contributed by atoms with Crippen LogP contribution in [0.5, 0.6) is 5.75 Å². The number of ether oxygens (including phenoxy) is 1. The third kappa shape index (κ3) is 4.64. The number of nitrogens with zero attached hydrogens (tertiary/aromatic N) is 3. The van der Waals surface area contributed by atoms with Gasteiger partial charge in [0.15, 0.2) is 0 Å². The first-order valence-corrected chi connectivity index (χ1v) is 10.7. The third-order valence-corrected chi connectivity index (χ3v) is 5.83. The number of esters is 1. The SMILES string of the molecule is CC(=O)Oc1ccc(C(=O)N2CCC(Cc3n[nH]c(=O)n3-c3ccccc3C)CC2)cc1. The van der Waals surface area contributed by atoms with Crippen LogP contribution in [0.3, 0.4) is 0 Å². The van der Waals surface area contributed by atoms with Crippen molar-refractivity contribution in [2.75, 3.05) is 13.1 Å². The van der Waals surface area contributed by atoms with Crippen molar-refractivity contribution in [3.63, 3.8) is 0 Å². The maximum Gasteiger partial charge on any atom is 0.347 e. The first kappa shape index (κ1) is 21.5. The van der Waals surface area contributed by atoms with Gasteiger partial charge in [0.25, 0.3) is 5.91 Å². The van der Waals surface area contributed by atoms with Gasteiger partial charge in [0.1, 0.15) is 11.6 Å². The number of para-hydroxylation sites is 1. The van der Waals surface area contributed by atoms with Crippen molar-refractivity contribution in [1.82, 2.24) is 19.7 Å². The van der Waals surface area contributed by atoms with Crippen LogP contribution in [0.4, 0.5) is 0 Å². The molecule has 1 aliphatic heterocycles. The number of aryl methyl sites for hydroxylation is 1. The van der Waals surface area contributed by atoms with E-state index in [-0.39, 0.29) is 11.6 Å². The predicted octanol–water partition coefficient (Wildman–Crippen LogP) is 2.89. The lowest BCUT2D eigenvalue weighted by molar-refractivity contribution is -0.131. The summed E-state index contributed by atoms with van der Waals surface area (Å²) in [4.78, 5) is 38.1. The fourth-order valence-electron chi connectivity index (χ4n) is 4.14. The van der Waals surface area contributed by atoms with Gasteiger partial charge in [-0.05, 0) is 61.6 Å². The lowest BCUT2D eigenvalue weighted by atomic mass is 9.92. The molecule has 32 heavy (non-hydrogen) atoms. The van der Waals surface area contributed by atoms with E-state index in [1.165, 1.54) is 6.92 Å². The van der Waals surface area contributed by atoms with E-state index >= 15 is 0 Å². The molecule has 1 aliphatic rings. The predicted molar refractivity (Wildman–Crippen MR) is 119 cm³/mol. The van der Waals surface area contributed by atoms with E-state index in [4.69, 9.17) is 4.74 Å². The highest BCUT2D eigenvalue weighted by Gasteiger charge is 2.26. The molecule has 0 atom stereocenters. The number of rotatable bonds is 5. The fraction of sp³-hybridized carbons (Fsp3) is 0.333. The van der Waals surface area contributed by atoms with E-state index in [1.807, 2.05) is 36.1 Å². The summed E-state index contributed by atoms with van der Waals surface area (Å²) < 4.78 is 6.67. The molecule has 2 aromatic carbocycles. The fourth-order valence-corrected chi connectivity index (χ4v) is 4.14. The number of hydrogen-bond acceptors (Lipinski definition) is 5. The van der Waals surface area contributed by atoms with Crippen molar-refractivity contribution in [2.45, 2.75) is 33.1 Å². The van der Waals surface area contributed by atoms with Crippen molar-refractivity contribution >= 4 is 11.9 Å². The van der Waals surface area contributed by atoms with Gasteiger partial charge in [0.05, 0.1) is 5.69 Å². The van der Waals surface area contributed by atoms with Crippen molar-refractivity contribution < 1.29 is 14.3 Å². The lowest BCUT2D eigenvalue weighted by Gasteiger charge is -2.32. The summed E-state index contributed by atoms with van der Waals surface area (Å²) >= 11 is 0.